The zero-order chi connectivity index (χ0) is 31.2. The molecule has 0 atom stereocenters. The molecule has 2 aromatic carbocycles. The van der Waals surface area contributed by atoms with Gasteiger partial charge >= 0.3 is 12.2 Å². The first-order chi connectivity index (χ1) is 20.3. The average molecular weight is 624 g/mol. The van der Waals surface area contributed by atoms with Crippen LogP contribution < -0.4 is 15.4 Å². The van der Waals surface area contributed by atoms with Crippen LogP contribution >= 0.6 is 11.3 Å². The van der Waals surface area contributed by atoms with Crippen LogP contribution in [0.15, 0.2) is 78.1 Å². The Kier molecular flexibility index (Phi) is 9.79. The Hall–Kier alpha value is -4.33. The molecular weight excluding hydrogens is 590 g/mol. The quantitative estimate of drug-likeness (QED) is 0.188. The Morgan fingerprint density at radius 3 is 2.23 bits per heavy atom. The molecule has 2 aromatic heterocycles. The van der Waals surface area contributed by atoms with Gasteiger partial charge in [0, 0.05) is 46.6 Å². The van der Waals surface area contributed by atoms with E-state index in [1.54, 1.807) is 102 Å². The van der Waals surface area contributed by atoms with E-state index in [9.17, 15) is 18.0 Å². The highest BCUT2D eigenvalue weighted by Gasteiger charge is 2.27. The maximum Gasteiger partial charge on any atom is 0.411 e. The van der Waals surface area contributed by atoms with Crippen molar-refractivity contribution in [2.75, 3.05) is 10.6 Å². The van der Waals surface area contributed by atoms with Crippen molar-refractivity contribution in [3.63, 3.8) is 0 Å². The molecule has 2 amide bonds. The van der Waals surface area contributed by atoms with Gasteiger partial charge in [-0.15, -0.1) is 11.3 Å². The van der Waals surface area contributed by atoms with Gasteiger partial charge in [0.15, 0.2) is 0 Å². The number of carbonyl (C=O) groups excluding carboxylic acids is 2. The lowest BCUT2D eigenvalue weighted by Crippen LogP contribution is -2.40. The normalized spacial score (nSPS) is 11.7. The summed E-state index contributed by atoms with van der Waals surface area (Å²) in [5.74, 6) is 0. The Labute approximate surface area is 254 Å². The Morgan fingerprint density at radius 2 is 1.58 bits per heavy atom. The minimum atomic E-state index is -4.01. The number of nitrogens with zero attached hydrogens (tertiary/aromatic N) is 2. The van der Waals surface area contributed by atoms with Gasteiger partial charge < -0.3 is 9.47 Å². The van der Waals surface area contributed by atoms with Crippen LogP contribution in [0.2, 0.25) is 0 Å². The number of rotatable bonds is 9. The van der Waals surface area contributed by atoms with Gasteiger partial charge in [0.1, 0.15) is 11.6 Å². The standard InChI is InChI=1S/C30H33N5O6S2/c1-19(2)41-29(37)33-22-8-6-21(7-9-22)27-32-17-25(42-27)24-11-10-23(16-26(24)43(38,39)35-30(3,4)5)34-28(36)40-18-20-12-14-31-15-13-20/h6-17,19,35H,18H2,1-5H3,(H,33,37)(H,34,36). The maximum atomic E-state index is 13.5. The van der Waals surface area contributed by atoms with E-state index in [1.165, 1.54) is 17.4 Å². The molecule has 0 saturated heterocycles. The zero-order valence-electron chi connectivity index (χ0n) is 24.4. The van der Waals surface area contributed by atoms with Crippen molar-refractivity contribution >= 4 is 44.9 Å². The molecule has 0 radical (unpaired) electrons. The summed E-state index contributed by atoms with van der Waals surface area (Å²) in [5.41, 5.74) is 2.03. The van der Waals surface area contributed by atoms with E-state index in [0.29, 0.717) is 21.1 Å². The predicted octanol–water partition coefficient (Wildman–Crippen LogP) is 6.65. The second-order valence-electron chi connectivity index (χ2n) is 10.8. The number of hydrogen-bond acceptors (Lipinski definition) is 9. The smallest absolute Gasteiger partial charge is 0.411 e. The third-order valence-electron chi connectivity index (χ3n) is 5.57. The highest BCUT2D eigenvalue weighted by atomic mass is 32.2. The average Bonchev–Trinajstić information content (AvgIpc) is 3.41. The van der Waals surface area contributed by atoms with Crippen LogP contribution in [0.5, 0.6) is 0 Å². The summed E-state index contributed by atoms with van der Waals surface area (Å²) in [5, 5.41) is 5.93. The van der Waals surface area contributed by atoms with Gasteiger partial charge in [-0.05, 0) is 88.7 Å². The van der Waals surface area contributed by atoms with Crippen LogP contribution in [-0.2, 0) is 26.1 Å². The van der Waals surface area contributed by atoms with Crippen LogP contribution in [-0.4, -0.2) is 42.2 Å². The summed E-state index contributed by atoms with van der Waals surface area (Å²) in [6.07, 6.45) is 3.28. The van der Waals surface area contributed by atoms with Gasteiger partial charge in [-0.25, -0.2) is 27.7 Å². The first-order valence-corrected chi connectivity index (χ1v) is 15.6. The predicted molar refractivity (Wildman–Crippen MR) is 166 cm³/mol. The van der Waals surface area contributed by atoms with E-state index in [2.05, 4.69) is 25.3 Å². The molecule has 3 N–H and O–H groups in total. The number of pyridine rings is 1. The number of benzene rings is 2. The van der Waals surface area contributed by atoms with Crippen LogP contribution in [0, 0.1) is 0 Å². The number of nitrogens with one attached hydrogen (secondary N) is 3. The second-order valence-corrected chi connectivity index (χ2v) is 13.5. The fourth-order valence-corrected chi connectivity index (χ4v) is 6.55. The van der Waals surface area contributed by atoms with Crippen molar-refractivity contribution in [2.24, 2.45) is 0 Å². The molecule has 13 heteroatoms. The zero-order valence-corrected chi connectivity index (χ0v) is 26.0. The summed E-state index contributed by atoms with van der Waals surface area (Å²) in [4.78, 5) is 33.4. The molecule has 2 heterocycles. The number of hydrogen-bond donors (Lipinski definition) is 3. The Morgan fingerprint density at radius 1 is 0.930 bits per heavy atom. The third-order valence-corrected chi connectivity index (χ3v) is 8.45. The van der Waals surface area contributed by atoms with Crippen molar-refractivity contribution in [3.05, 3.63) is 78.8 Å². The highest BCUT2D eigenvalue weighted by Crippen LogP contribution is 2.37. The van der Waals surface area contributed by atoms with Gasteiger partial charge in [-0.1, -0.05) is 6.07 Å². The van der Waals surface area contributed by atoms with Crippen molar-refractivity contribution in [1.82, 2.24) is 14.7 Å². The molecule has 43 heavy (non-hydrogen) atoms. The van der Waals surface area contributed by atoms with Gasteiger partial charge in [-0.3, -0.25) is 15.6 Å². The van der Waals surface area contributed by atoms with E-state index in [0.717, 1.165) is 11.1 Å². The molecule has 0 aliphatic carbocycles. The first-order valence-electron chi connectivity index (χ1n) is 13.3. The van der Waals surface area contributed by atoms with Crippen LogP contribution in [0.25, 0.3) is 21.0 Å². The SMILES string of the molecule is CC(C)OC(=O)Nc1ccc(-c2ncc(-c3ccc(NC(=O)OCc4ccncc4)cc3S(=O)(=O)NC(C)(C)C)s2)cc1. The van der Waals surface area contributed by atoms with Crippen molar-refractivity contribution < 1.29 is 27.5 Å². The number of carbonyl (C=O) groups is 2. The van der Waals surface area contributed by atoms with E-state index in [4.69, 9.17) is 9.47 Å². The molecule has 0 aliphatic heterocycles. The molecule has 0 aliphatic rings. The number of ether oxygens (including phenoxy) is 2. The first kappa shape index (κ1) is 31.6. The summed E-state index contributed by atoms with van der Waals surface area (Å²) >= 11 is 1.31. The largest absolute Gasteiger partial charge is 0.447 e. The number of thiazole rings is 1. The molecular formula is C30H33N5O6S2. The van der Waals surface area contributed by atoms with Crippen LogP contribution in [0.4, 0.5) is 21.0 Å². The highest BCUT2D eigenvalue weighted by molar-refractivity contribution is 7.89. The fraction of sp³-hybridized carbons (Fsp3) is 0.267. The van der Waals surface area contributed by atoms with Gasteiger partial charge in [0.25, 0.3) is 0 Å². The Balaban J connectivity index is 1.58. The van der Waals surface area contributed by atoms with E-state index >= 15 is 0 Å². The number of anilines is 2. The van der Waals surface area contributed by atoms with Crippen molar-refractivity contribution in [1.29, 1.82) is 0 Å². The third kappa shape index (κ3) is 9.08. The minimum Gasteiger partial charge on any atom is -0.447 e. The molecule has 0 unspecified atom stereocenters. The topological polar surface area (TPSA) is 149 Å². The van der Waals surface area contributed by atoms with Crippen molar-refractivity contribution in [3.8, 4) is 21.0 Å². The lowest BCUT2D eigenvalue weighted by Gasteiger charge is -2.22. The number of aromatic nitrogens is 2. The lowest BCUT2D eigenvalue weighted by atomic mass is 10.1. The molecule has 11 nitrogen and oxygen atoms in total. The molecule has 4 aromatic rings. The lowest BCUT2D eigenvalue weighted by molar-refractivity contribution is 0.130. The summed E-state index contributed by atoms with van der Waals surface area (Å²) in [6, 6.07) is 15.1. The Bertz CT molecular complexity index is 1680. The van der Waals surface area contributed by atoms with Gasteiger partial charge in [-0.2, -0.15) is 0 Å². The van der Waals surface area contributed by atoms with Crippen LogP contribution in [0.1, 0.15) is 40.2 Å². The van der Waals surface area contributed by atoms with Crippen LogP contribution in [0.3, 0.4) is 0 Å². The number of sulfonamides is 1. The fourth-order valence-electron chi connectivity index (χ4n) is 3.86. The summed E-state index contributed by atoms with van der Waals surface area (Å²) < 4.78 is 40.1. The molecule has 0 spiro atoms. The number of amides is 2. The molecule has 0 saturated carbocycles. The van der Waals surface area contributed by atoms with E-state index in [1.807, 2.05) is 0 Å². The molecule has 0 fully saturated rings. The van der Waals surface area contributed by atoms with E-state index < -0.39 is 27.7 Å². The minimum absolute atomic E-state index is 0.0206. The molecule has 0 bridgehead atoms. The van der Waals surface area contributed by atoms with Crippen molar-refractivity contribution in [2.45, 2.75) is 57.8 Å². The molecule has 4 rings (SSSR count). The monoisotopic (exact) mass is 623 g/mol. The maximum absolute atomic E-state index is 13.5. The molecule has 226 valence electrons. The summed E-state index contributed by atoms with van der Waals surface area (Å²) in [6.45, 7) is 8.80. The summed E-state index contributed by atoms with van der Waals surface area (Å²) in [7, 11) is -4.01. The van der Waals surface area contributed by atoms with Gasteiger partial charge in [0.05, 0.1) is 15.9 Å². The van der Waals surface area contributed by atoms with Gasteiger partial charge in [0.2, 0.25) is 10.0 Å². The van der Waals surface area contributed by atoms with E-state index in [-0.39, 0.29) is 23.3 Å². The second kappa shape index (κ2) is 13.3.